The van der Waals surface area contributed by atoms with Crippen molar-refractivity contribution in [1.82, 2.24) is 0 Å². The zero-order valence-electron chi connectivity index (χ0n) is 9.10. The molecule has 0 saturated heterocycles. The Bertz CT molecular complexity index is 204. The van der Waals surface area contributed by atoms with Crippen molar-refractivity contribution in [2.45, 2.75) is 13.8 Å². The summed E-state index contributed by atoms with van der Waals surface area (Å²) in [6.07, 6.45) is 0. The van der Waals surface area contributed by atoms with Gasteiger partial charge in [0, 0.05) is 7.11 Å². The van der Waals surface area contributed by atoms with Crippen molar-refractivity contribution < 1.29 is 3.79 Å². The molecule has 1 rings (SSSR count). The number of hydrogen-bond acceptors (Lipinski definition) is 1. The molecule has 0 aliphatic heterocycles. The maximum atomic E-state index is 4.90. The van der Waals surface area contributed by atoms with Gasteiger partial charge in [-0.1, -0.05) is 29.3 Å². The Morgan fingerprint density at radius 3 is 1.71 bits per heavy atom. The van der Waals surface area contributed by atoms with Crippen molar-refractivity contribution in [2.75, 3.05) is 7.11 Å². The van der Waals surface area contributed by atoms with Crippen LogP contribution in [0.5, 0.6) is 0 Å². The van der Waals surface area contributed by atoms with Gasteiger partial charge in [0.05, 0.1) is 0 Å². The average molecular weight is 260 g/mol. The van der Waals surface area contributed by atoms with Crippen molar-refractivity contribution in [2.24, 2.45) is 0 Å². The maximum absolute atomic E-state index is 4.90. The summed E-state index contributed by atoms with van der Waals surface area (Å²) < 4.78 is 4.39. The first-order valence-corrected chi connectivity index (χ1v) is 9.18. The third-order valence-corrected chi connectivity index (χ3v) is 1.08. The Hall–Kier alpha value is 1.06. The molecule has 0 heterocycles. The topological polar surface area (TPSA) is 9.23 Å². The summed E-state index contributed by atoms with van der Waals surface area (Å²) in [6.45, 7) is 4.15. The highest BCUT2D eigenvalue weighted by Crippen LogP contribution is 1.99. The van der Waals surface area contributed by atoms with Gasteiger partial charge in [0.25, 0.3) is 0 Å². The van der Waals surface area contributed by atoms with Crippen LogP contribution in [-0.2, 0) is 3.79 Å². The second kappa shape index (κ2) is 14.1. The van der Waals surface area contributed by atoms with E-state index in [0.717, 1.165) is 16.6 Å². The molecule has 5 heteroatoms. The van der Waals surface area contributed by atoms with Crippen LogP contribution < -0.4 is 0 Å². The van der Waals surface area contributed by atoms with Gasteiger partial charge in [0.2, 0.25) is 0 Å². The largest absolute Gasteiger partial charge is 0.618 e. The van der Waals surface area contributed by atoms with E-state index < -0.39 is 18.2 Å². The average Bonchev–Trinajstić information content (AvgIpc) is 2.06. The SMILES string of the molecule is C[O][AlH2].Cc1c[c]cc(C)c1.[Cl][Mg][Cl]. The first kappa shape index (κ1) is 17.5. The fourth-order valence-electron chi connectivity index (χ4n) is 0.747. The van der Waals surface area contributed by atoms with Crippen LogP contribution in [0.25, 0.3) is 0 Å². The summed E-state index contributed by atoms with van der Waals surface area (Å²) in [5, 5.41) is 0. The molecule has 0 fully saturated rings. The van der Waals surface area contributed by atoms with Crippen LogP contribution in [-0.4, -0.2) is 41.9 Å². The second-order valence-electron chi connectivity index (χ2n) is 2.60. The van der Waals surface area contributed by atoms with Crippen LogP contribution in [0.1, 0.15) is 11.1 Å². The van der Waals surface area contributed by atoms with Gasteiger partial charge in [0.1, 0.15) is 0 Å². The molecule has 0 bridgehead atoms. The molecule has 75 valence electrons. The van der Waals surface area contributed by atoms with Crippen LogP contribution in [0.2, 0.25) is 0 Å². The van der Waals surface area contributed by atoms with Gasteiger partial charge >= 0.3 is 34.8 Å². The molecule has 0 saturated carbocycles. The first-order chi connectivity index (χ1) is 6.62. The standard InChI is InChI=1S/C8H9.CH3O.Al.2ClH.Mg.2H/c1-7-4-3-5-8(2)6-7;1-2;;;;;;/h4-6H,1-2H3;1H3;;2*1H;;;/q;-1;+1;;;+2;;/p-2. The van der Waals surface area contributed by atoms with E-state index in [4.69, 9.17) is 18.1 Å². The molecule has 0 aliphatic carbocycles. The molecule has 14 heavy (non-hydrogen) atoms. The van der Waals surface area contributed by atoms with Gasteiger partial charge in [-0.05, 0) is 19.9 Å². The second-order valence-corrected chi connectivity index (χ2v) is 6.04. The van der Waals surface area contributed by atoms with Gasteiger partial charge in [-0.2, -0.15) is 0 Å². The number of halogens is 2. The number of aryl methyl sites for hydroxylation is 2. The third kappa shape index (κ3) is 15.5. The molecular weight excluding hydrogens is 246 g/mol. The van der Waals surface area contributed by atoms with Crippen molar-refractivity contribution in [1.29, 1.82) is 0 Å². The van der Waals surface area contributed by atoms with Crippen molar-refractivity contribution in [3.63, 3.8) is 0 Å². The van der Waals surface area contributed by atoms with Crippen molar-refractivity contribution >= 4 is 52.9 Å². The van der Waals surface area contributed by atoms with E-state index >= 15 is 0 Å². The molecular formula is C9H14AlCl2MgO. The zero-order valence-corrected chi connectivity index (χ0v) is 14.0. The molecule has 0 amide bonds. The Balaban J connectivity index is 0. The number of benzene rings is 1. The summed E-state index contributed by atoms with van der Waals surface area (Å²) in [5.41, 5.74) is 2.56. The smallest absolute Gasteiger partial charge is 0.508 e. The van der Waals surface area contributed by atoms with E-state index in [1.165, 1.54) is 11.1 Å². The lowest BCUT2D eigenvalue weighted by Crippen LogP contribution is -1.72. The molecule has 0 unspecified atom stereocenters. The van der Waals surface area contributed by atoms with E-state index in [1.54, 1.807) is 7.11 Å². The Kier molecular flexibility index (Phi) is 17.5. The minimum absolute atomic E-state index is 0.639. The van der Waals surface area contributed by atoms with Gasteiger partial charge in [-0.3, -0.25) is 0 Å². The monoisotopic (exact) mass is 259 g/mol. The fourth-order valence-corrected chi connectivity index (χ4v) is 0.747. The number of hydrogen-bond donors (Lipinski definition) is 0. The molecule has 1 aromatic carbocycles. The summed E-state index contributed by atoms with van der Waals surface area (Å²) in [5.74, 6) is 0. The van der Waals surface area contributed by atoms with E-state index in [0.29, 0.717) is 0 Å². The minimum atomic E-state index is -0.639. The molecule has 0 aromatic heterocycles. The lowest BCUT2D eigenvalue weighted by Gasteiger charge is -1.90. The molecule has 0 aliphatic rings. The fraction of sp³-hybridized carbons (Fsp3) is 0.333. The van der Waals surface area contributed by atoms with Crippen LogP contribution in [0.4, 0.5) is 0 Å². The maximum Gasteiger partial charge on any atom is 0.618 e. The molecule has 1 radical (unpaired) electrons. The van der Waals surface area contributed by atoms with Crippen molar-refractivity contribution in [3.8, 4) is 0 Å². The molecule has 0 N–H and O–H groups in total. The first-order valence-electron chi connectivity index (χ1n) is 4.08. The Morgan fingerprint density at radius 2 is 1.57 bits per heavy atom. The summed E-state index contributed by atoms with van der Waals surface area (Å²) >= 11 is 0.230. The predicted molar refractivity (Wildman–Crippen MR) is 67.8 cm³/mol. The minimum Gasteiger partial charge on any atom is -0.508 e. The highest BCUT2D eigenvalue weighted by Gasteiger charge is 1.81. The highest BCUT2D eigenvalue weighted by atomic mass is 35.6. The van der Waals surface area contributed by atoms with E-state index in [2.05, 4.69) is 29.8 Å². The lowest BCUT2D eigenvalue weighted by atomic mass is 10.2. The van der Waals surface area contributed by atoms with Crippen molar-refractivity contribution in [3.05, 3.63) is 35.4 Å². The Labute approximate surface area is 112 Å². The summed E-state index contributed by atoms with van der Waals surface area (Å²) in [7, 11) is 11.5. The van der Waals surface area contributed by atoms with Gasteiger partial charge in [-0.15, -0.1) is 0 Å². The molecule has 1 nitrogen and oxygen atoms in total. The van der Waals surface area contributed by atoms with Crippen LogP contribution in [0, 0.1) is 19.9 Å². The van der Waals surface area contributed by atoms with Gasteiger partial charge in [-0.25, -0.2) is 0 Å². The zero-order chi connectivity index (χ0) is 11.4. The summed E-state index contributed by atoms with van der Waals surface area (Å²) in [6, 6.07) is 9.12. The third-order valence-electron chi connectivity index (χ3n) is 1.08. The quantitative estimate of drug-likeness (QED) is 0.650. The Morgan fingerprint density at radius 1 is 1.29 bits per heavy atom. The molecule has 0 spiro atoms. The lowest BCUT2D eigenvalue weighted by molar-refractivity contribution is 0.460. The molecule has 0 atom stereocenters. The van der Waals surface area contributed by atoms with Crippen LogP contribution >= 0.6 is 18.1 Å². The molecule has 1 aromatic rings. The number of rotatable bonds is 0. The normalized spacial score (nSPS) is 7.21. The van der Waals surface area contributed by atoms with E-state index in [9.17, 15) is 0 Å². The van der Waals surface area contributed by atoms with Gasteiger partial charge < -0.3 is 21.9 Å². The van der Waals surface area contributed by atoms with Crippen LogP contribution in [0.15, 0.2) is 18.2 Å². The predicted octanol–water partition coefficient (Wildman–Crippen LogP) is 2.28. The van der Waals surface area contributed by atoms with E-state index in [-0.39, 0.29) is 0 Å². The van der Waals surface area contributed by atoms with Gasteiger partial charge in [0.15, 0.2) is 0 Å². The van der Waals surface area contributed by atoms with E-state index in [1.807, 2.05) is 12.1 Å². The summed E-state index contributed by atoms with van der Waals surface area (Å²) in [4.78, 5) is 0. The highest BCUT2D eigenvalue weighted by molar-refractivity contribution is 7.22. The van der Waals surface area contributed by atoms with Crippen LogP contribution in [0.3, 0.4) is 0 Å².